The van der Waals surface area contributed by atoms with E-state index in [1.807, 2.05) is 31.2 Å². The summed E-state index contributed by atoms with van der Waals surface area (Å²) in [5.41, 5.74) is 3.68. The first kappa shape index (κ1) is 17.8. The van der Waals surface area contributed by atoms with E-state index in [0.717, 1.165) is 37.5 Å². The van der Waals surface area contributed by atoms with Crippen LogP contribution in [0.3, 0.4) is 0 Å². The van der Waals surface area contributed by atoms with Crippen LogP contribution in [0.2, 0.25) is 0 Å². The lowest BCUT2D eigenvalue weighted by molar-refractivity contribution is 0.0661. The summed E-state index contributed by atoms with van der Waals surface area (Å²) in [5, 5.41) is 10.3. The van der Waals surface area contributed by atoms with Gasteiger partial charge in [-0.3, -0.25) is 4.90 Å². The van der Waals surface area contributed by atoms with Crippen LogP contribution >= 0.6 is 0 Å². The Morgan fingerprint density at radius 3 is 2.32 bits per heavy atom. The van der Waals surface area contributed by atoms with Gasteiger partial charge in [-0.05, 0) is 37.6 Å². The summed E-state index contributed by atoms with van der Waals surface area (Å²) >= 11 is 0. The number of aliphatic hydroxyl groups is 1. The fourth-order valence-electron chi connectivity index (χ4n) is 3.20. The quantitative estimate of drug-likeness (QED) is 0.877. The van der Waals surface area contributed by atoms with E-state index < -0.39 is 6.10 Å². The molecular weight excluding hydrogens is 312 g/mol. The van der Waals surface area contributed by atoms with Crippen LogP contribution < -0.4 is 9.64 Å². The van der Waals surface area contributed by atoms with Gasteiger partial charge in [-0.15, -0.1) is 0 Å². The topological polar surface area (TPSA) is 35.9 Å². The molecule has 1 aliphatic rings. The first-order valence-electron chi connectivity index (χ1n) is 9.02. The first-order valence-corrected chi connectivity index (χ1v) is 9.02. The Morgan fingerprint density at radius 2 is 1.64 bits per heavy atom. The largest absolute Gasteiger partial charge is 0.491 e. The summed E-state index contributed by atoms with van der Waals surface area (Å²) in [6, 6.07) is 16.6. The summed E-state index contributed by atoms with van der Waals surface area (Å²) in [4.78, 5) is 4.72. The molecule has 1 heterocycles. The summed E-state index contributed by atoms with van der Waals surface area (Å²) in [7, 11) is 0. The molecule has 1 aliphatic heterocycles. The standard InChI is InChI=1S/C21H28N2O2/c1-17-7-9-19(10-8-17)23-13-11-22(12-14-23)15-20(24)16-25-21-6-4-3-5-18(21)2/h3-10,20,24H,11-16H2,1-2H3/t20-/m1/s1. The van der Waals surface area contributed by atoms with Gasteiger partial charge in [0.15, 0.2) is 0 Å². The zero-order valence-corrected chi connectivity index (χ0v) is 15.2. The highest BCUT2D eigenvalue weighted by atomic mass is 16.5. The number of aryl methyl sites for hydroxylation is 2. The molecule has 1 saturated heterocycles. The molecular formula is C21H28N2O2. The number of piperazine rings is 1. The number of ether oxygens (including phenoxy) is 1. The zero-order chi connectivity index (χ0) is 17.6. The van der Waals surface area contributed by atoms with E-state index in [1.165, 1.54) is 11.3 Å². The van der Waals surface area contributed by atoms with E-state index in [1.54, 1.807) is 0 Å². The molecule has 1 N–H and O–H groups in total. The van der Waals surface area contributed by atoms with Crippen molar-refractivity contribution in [3.8, 4) is 5.75 Å². The molecule has 0 spiro atoms. The molecule has 2 aromatic rings. The molecule has 3 rings (SSSR count). The van der Waals surface area contributed by atoms with Gasteiger partial charge in [-0.25, -0.2) is 0 Å². The van der Waals surface area contributed by atoms with Crippen LogP contribution in [0, 0.1) is 13.8 Å². The minimum absolute atomic E-state index is 0.336. The van der Waals surface area contributed by atoms with E-state index in [9.17, 15) is 5.11 Å². The van der Waals surface area contributed by atoms with E-state index in [4.69, 9.17) is 4.74 Å². The van der Waals surface area contributed by atoms with Gasteiger partial charge < -0.3 is 14.7 Å². The third-order valence-corrected chi connectivity index (χ3v) is 4.77. The number of benzene rings is 2. The minimum Gasteiger partial charge on any atom is -0.491 e. The molecule has 0 unspecified atom stereocenters. The van der Waals surface area contributed by atoms with E-state index in [-0.39, 0.29) is 0 Å². The molecule has 0 aliphatic carbocycles. The fourth-order valence-corrected chi connectivity index (χ4v) is 3.20. The molecule has 0 bridgehead atoms. The molecule has 4 nitrogen and oxygen atoms in total. The van der Waals surface area contributed by atoms with Crippen LogP contribution in [0.4, 0.5) is 5.69 Å². The summed E-state index contributed by atoms with van der Waals surface area (Å²) in [6.45, 7) is 9.05. The molecule has 0 saturated carbocycles. The van der Waals surface area contributed by atoms with Crippen molar-refractivity contribution in [1.29, 1.82) is 0 Å². The average Bonchev–Trinajstić information content (AvgIpc) is 2.62. The normalized spacial score (nSPS) is 16.7. The molecule has 0 aromatic heterocycles. The monoisotopic (exact) mass is 340 g/mol. The van der Waals surface area contributed by atoms with Gasteiger partial charge in [0, 0.05) is 38.4 Å². The Labute approximate surface area is 150 Å². The van der Waals surface area contributed by atoms with Crippen molar-refractivity contribution >= 4 is 5.69 Å². The highest BCUT2D eigenvalue weighted by Gasteiger charge is 2.19. The molecule has 25 heavy (non-hydrogen) atoms. The fraction of sp³-hybridized carbons (Fsp3) is 0.429. The summed E-state index contributed by atoms with van der Waals surface area (Å²) < 4.78 is 5.75. The second-order valence-corrected chi connectivity index (χ2v) is 6.85. The lowest BCUT2D eigenvalue weighted by Crippen LogP contribution is -2.49. The van der Waals surface area contributed by atoms with Gasteiger partial charge in [-0.1, -0.05) is 35.9 Å². The zero-order valence-electron chi connectivity index (χ0n) is 15.2. The number of para-hydroxylation sites is 1. The van der Waals surface area contributed by atoms with Gasteiger partial charge in [0.25, 0.3) is 0 Å². The molecule has 134 valence electrons. The van der Waals surface area contributed by atoms with Gasteiger partial charge in [0.05, 0.1) is 0 Å². The van der Waals surface area contributed by atoms with Crippen LogP contribution in [0.25, 0.3) is 0 Å². The molecule has 0 amide bonds. The average molecular weight is 340 g/mol. The van der Waals surface area contributed by atoms with Crippen molar-refractivity contribution in [2.45, 2.75) is 20.0 Å². The van der Waals surface area contributed by atoms with Crippen LogP contribution in [-0.2, 0) is 0 Å². The lowest BCUT2D eigenvalue weighted by Gasteiger charge is -2.36. The Bertz CT molecular complexity index is 664. The number of anilines is 1. The molecule has 2 aromatic carbocycles. The smallest absolute Gasteiger partial charge is 0.122 e. The van der Waals surface area contributed by atoms with Crippen LogP contribution in [0.15, 0.2) is 48.5 Å². The number of hydrogen-bond donors (Lipinski definition) is 1. The van der Waals surface area contributed by atoms with E-state index in [0.29, 0.717) is 13.2 Å². The van der Waals surface area contributed by atoms with Crippen LogP contribution in [0.5, 0.6) is 5.75 Å². The van der Waals surface area contributed by atoms with Crippen molar-refractivity contribution in [2.24, 2.45) is 0 Å². The van der Waals surface area contributed by atoms with Crippen molar-refractivity contribution in [3.05, 3.63) is 59.7 Å². The predicted octanol–water partition coefficient (Wildman–Crippen LogP) is 2.87. The molecule has 0 radical (unpaired) electrons. The predicted molar refractivity (Wildman–Crippen MR) is 103 cm³/mol. The van der Waals surface area contributed by atoms with E-state index in [2.05, 4.69) is 41.0 Å². The van der Waals surface area contributed by atoms with Gasteiger partial charge in [0.1, 0.15) is 18.5 Å². The number of rotatable bonds is 6. The van der Waals surface area contributed by atoms with Crippen molar-refractivity contribution < 1.29 is 9.84 Å². The van der Waals surface area contributed by atoms with Gasteiger partial charge in [-0.2, -0.15) is 0 Å². The van der Waals surface area contributed by atoms with Crippen LogP contribution in [-0.4, -0.2) is 55.4 Å². The van der Waals surface area contributed by atoms with Crippen molar-refractivity contribution in [2.75, 3.05) is 44.2 Å². The second-order valence-electron chi connectivity index (χ2n) is 6.85. The Balaban J connectivity index is 1.42. The Kier molecular flexibility index (Phi) is 5.95. The lowest BCUT2D eigenvalue weighted by atomic mass is 10.2. The number of nitrogens with zero attached hydrogens (tertiary/aromatic N) is 2. The number of aliphatic hydroxyl groups excluding tert-OH is 1. The molecule has 1 fully saturated rings. The van der Waals surface area contributed by atoms with Gasteiger partial charge >= 0.3 is 0 Å². The Hall–Kier alpha value is -2.04. The SMILES string of the molecule is Cc1ccc(N2CCN(C[C@@H](O)COc3ccccc3C)CC2)cc1. The highest BCUT2D eigenvalue weighted by Crippen LogP contribution is 2.18. The van der Waals surface area contributed by atoms with Crippen molar-refractivity contribution in [1.82, 2.24) is 4.90 Å². The maximum atomic E-state index is 10.3. The third kappa shape index (κ3) is 4.97. The molecule has 4 heteroatoms. The highest BCUT2D eigenvalue weighted by molar-refractivity contribution is 5.47. The van der Waals surface area contributed by atoms with E-state index >= 15 is 0 Å². The first-order chi connectivity index (χ1) is 12.1. The van der Waals surface area contributed by atoms with Crippen LogP contribution in [0.1, 0.15) is 11.1 Å². The summed E-state index contributed by atoms with van der Waals surface area (Å²) in [6.07, 6.45) is -0.467. The maximum absolute atomic E-state index is 10.3. The minimum atomic E-state index is -0.467. The van der Waals surface area contributed by atoms with Gasteiger partial charge in [0.2, 0.25) is 0 Å². The number of hydrogen-bond acceptors (Lipinski definition) is 4. The third-order valence-electron chi connectivity index (χ3n) is 4.77. The Morgan fingerprint density at radius 1 is 0.960 bits per heavy atom. The summed E-state index contributed by atoms with van der Waals surface area (Å²) in [5.74, 6) is 0.853. The van der Waals surface area contributed by atoms with Crippen molar-refractivity contribution in [3.63, 3.8) is 0 Å². The molecule has 1 atom stereocenters. The second kappa shape index (κ2) is 8.37. The maximum Gasteiger partial charge on any atom is 0.122 e. The number of β-amino-alcohol motifs (C(OH)–C–C–N with tert-alkyl or cyclic N) is 1.